The molecule has 1 saturated carbocycles. The smallest absolute Gasteiger partial charge is 0.307 e. The van der Waals surface area contributed by atoms with Crippen molar-refractivity contribution in [1.29, 1.82) is 0 Å². The second-order valence-corrected chi connectivity index (χ2v) is 7.66. The third kappa shape index (κ3) is 4.19. The van der Waals surface area contributed by atoms with Crippen molar-refractivity contribution in [3.05, 3.63) is 0 Å². The lowest BCUT2D eigenvalue weighted by Gasteiger charge is -2.52. The van der Waals surface area contributed by atoms with Crippen LogP contribution in [0.15, 0.2) is 0 Å². The Hall–Kier alpha value is -0.610. The van der Waals surface area contributed by atoms with Crippen molar-refractivity contribution >= 4 is 5.97 Å². The van der Waals surface area contributed by atoms with Gasteiger partial charge in [-0.1, -0.05) is 13.8 Å². The van der Waals surface area contributed by atoms with Crippen molar-refractivity contribution in [2.24, 2.45) is 5.41 Å². The van der Waals surface area contributed by atoms with Gasteiger partial charge in [0.15, 0.2) is 0 Å². The molecule has 0 bridgehead atoms. The van der Waals surface area contributed by atoms with Gasteiger partial charge in [-0.3, -0.25) is 9.69 Å². The summed E-state index contributed by atoms with van der Waals surface area (Å²) in [7, 11) is 2.18. The van der Waals surface area contributed by atoms with E-state index in [2.05, 4.69) is 30.7 Å². The molecule has 0 radical (unpaired) electrons. The molecule has 2 aliphatic rings. The first kappa shape index (κ1) is 16.8. The molecule has 2 fully saturated rings. The van der Waals surface area contributed by atoms with Gasteiger partial charge in [0.1, 0.15) is 0 Å². The van der Waals surface area contributed by atoms with Crippen LogP contribution in [0.25, 0.3) is 0 Å². The topological polar surface area (TPSA) is 32.8 Å². The molecule has 0 aromatic carbocycles. The molecular weight excluding hydrogens is 264 g/mol. The highest BCUT2D eigenvalue weighted by Gasteiger charge is 2.44. The van der Waals surface area contributed by atoms with Crippen molar-refractivity contribution in [1.82, 2.24) is 9.80 Å². The first-order valence-corrected chi connectivity index (χ1v) is 8.46. The number of piperazine rings is 1. The lowest BCUT2D eigenvalue weighted by atomic mass is 9.67. The summed E-state index contributed by atoms with van der Waals surface area (Å²) in [5.74, 6) is -0.0175. The van der Waals surface area contributed by atoms with E-state index < -0.39 is 0 Å². The summed E-state index contributed by atoms with van der Waals surface area (Å²) >= 11 is 0. The van der Waals surface area contributed by atoms with Crippen molar-refractivity contribution < 1.29 is 9.53 Å². The van der Waals surface area contributed by atoms with Gasteiger partial charge in [-0.25, -0.2) is 0 Å². The molecule has 0 aromatic heterocycles. The van der Waals surface area contributed by atoms with Crippen LogP contribution in [0.4, 0.5) is 0 Å². The van der Waals surface area contributed by atoms with E-state index in [0.717, 1.165) is 39.0 Å². The molecule has 0 atom stereocenters. The second-order valence-electron chi connectivity index (χ2n) is 7.66. The molecule has 1 heterocycles. The summed E-state index contributed by atoms with van der Waals surface area (Å²) in [5.41, 5.74) is 0.466. The summed E-state index contributed by atoms with van der Waals surface area (Å²) in [5, 5.41) is 0. The van der Waals surface area contributed by atoms with Gasteiger partial charge in [0.05, 0.1) is 13.0 Å². The predicted molar refractivity (Wildman–Crippen MR) is 85.3 cm³/mol. The number of hydrogen-bond donors (Lipinski definition) is 0. The van der Waals surface area contributed by atoms with Crippen LogP contribution in [0.2, 0.25) is 0 Å². The molecule has 4 heteroatoms. The average molecular weight is 296 g/mol. The Morgan fingerprint density at radius 1 is 1.05 bits per heavy atom. The molecular formula is C17H32N2O2. The Balaban J connectivity index is 2.08. The van der Waals surface area contributed by atoms with Gasteiger partial charge in [0, 0.05) is 31.7 Å². The van der Waals surface area contributed by atoms with Crippen LogP contribution in [0, 0.1) is 5.41 Å². The molecule has 0 spiro atoms. The number of hydrogen-bond acceptors (Lipinski definition) is 4. The number of ether oxygens (including phenoxy) is 1. The molecule has 0 unspecified atom stereocenters. The number of rotatable bonds is 4. The van der Waals surface area contributed by atoms with Crippen LogP contribution < -0.4 is 0 Å². The van der Waals surface area contributed by atoms with Crippen molar-refractivity contribution in [2.75, 3.05) is 39.8 Å². The standard InChI is InChI=1S/C17H32N2O2/c1-5-21-15(20)14-17(8-6-16(2,3)7-9-17)19-12-10-18(4)11-13-19/h5-14H2,1-4H3. The Bertz CT molecular complexity index is 350. The monoisotopic (exact) mass is 296 g/mol. The van der Waals surface area contributed by atoms with Gasteiger partial charge in [-0.2, -0.15) is 0 Å². The Kier molecular flexibility index (Phi) is 5.31. The van der Waals surface area contributed by atoms with Crippen LogP contribution in [0.5, 0.6) is 0 Å². The van der Waals surface area contributed by atoms with Gasteiger partial charge in [-0.15, -0.1) is 0 Å². The number of esters is 1. The summed E-state index contributed by atoms with van der Waals surface area (Å²) in [6, 6.07) is 0. The van der Waals surface area contributed by atoms with Gasteiger partial charge in [-0.05, 0) is 45.1 Å². The van der Waals surface area contributed by atoms with Gasteiger partial charge in [0.25, 0.3) is 0 Å². The van der Waals surface area contributed by atoms with Crippen molar-refractivity contribution in [3.63, 3.8) is 0 Å². The number of nitrogens with zero attached hydrogens (tertiary/aromatic N) is 2. The lowest BCUT2D eigenvalue weighted by Crippen LogP contribution is -2.59. The lowest BCUT2D eigenvalue weighted by molar-refractivity contribution is -0.148. The highest BCUT2D eigenvalue weighted by Crippen LogP contribution is 2.45. The minimum atomic E-state index is -0.0175. The Morgan fingerprint density at radius 3 is 2.14 bits per heavy atom. The van der Waals surface area contributed by atoms with E-state index in [1.807, 2.05) is 6.92 Å². The fourth-order valence-electron chi connectivity index (χ4n) is 3.76. The maximum Gasteiger partial charge on any atom is 0.307 e. The predicted octanol–water partition coefficient (Wildman–Crippen LogP) is 2.53. The molecule has 1 saturated heterocycles. The number of carbonyl (C=O) groups is 1. The maximum atomic E-state index is 12.1. The molecule has 4 nitrogen and oxygen atoms in total. The largest absolute Gasteiger partial charge is 0.466 e. The molecule has 0 amide bonds. The van der Waals surface area contributed by atoms with Crippen LogP contribution in [0.3, 0.4) is 0 Å². The first-order valence-electron chi connectivity index (χ1n) is 8.46. The van der Waals surface area contributed by atoms with E-state index >= 15 is 0 Å². The summed E-state index contributed by atoms with van der Waals surface area (Å²) in [6.07, 6.45) is 5.24. The third-order valence-corrected chi connectivity index (χ3v) is 5.49. The van der Waals surface area contributed by atoms with Crippen LogP contribution in [0.1, 0.15) is 52.9 Å². The van der Waals surface area contributed by atoms with Crippen molar-refractivity contribution in [3.8, 4) is 0 Å². The van der Waals surface area contributed by atoms with Gasteiger partial charge >= 0.3 is 5.97 Å². The van der Waals surface area contributed by atoms with E-state index in [1.165, 1.54) is 12.8 Å². The van der Waals surface area contributed by atoms with E-state index in [1.54, 1.807) is 0 Å². The van der Waals surface area contributed by atoms with Gasteiger partial charge in [0.2, 0.25) is 0 Å². The summed E-state index contributed by atoms with van der Waals surface area (Å²) in [4.78, 5) is 17.1. The molecule has 0 N–H and O–H groups in total. The SMILES string of the molecule is CCOC(=O)CC1(N2CCN(C)CC2)CCC(C)(C)CC1. The highest BCUT2D eigenvalue weighted by molar-refractivity contribution is 5.71. The molecule has 1 aliphatic heterocycles. The highest BCUT2D eigenvalue weighted by atomic mass is 16.5. The molecule has 21 heavy (non-hydrogen) atoms. The summed E-state index contributed by atoms with van der Waals surface area (Å²) < 4.78 is 5.26. The zero-order valence-corrected chi connectivity index (χ0v) is 14.3. The second kappa shape index (κ2) is 6.66. The molecule has 1 aliphatic carbocycles. The Labute approximate surface area is 129 Å². The van der Waals surface area contributed by atoms with E-state index in [-0.39, 0.29) is 11.5 Å². The first-order chi connectivity index (χ1) is 9.87. The normalized spacial score (nSPS) is 26.5. The van der Waals surface area contributed by atoms with E-state index in [4.69, 9.17) is 4.74 Å². The van der Waals surface area contributed by atoms with Gasteiger partial charge < -0.3 is 9.64 Å². The molecule has 2 rings (SSSR count). The average Bonchev–Trinajstić information content (AvgIpc) is 2.43. The van der Waals surface area contributed by atoms with E-state index in [9.17, 15) is 4.79 Å². The quantitative estimate of drug-likeness (QED) is 0.746. The minimum absolute atomic E-state index is 0.0175. The fourth-order valence-corrected chi connectivity index (χ4v) is 3.76. The third-order valence-electron chi connectivity index (χ3n) is 5.49. The van der Waals surface area contributed by atoms with Crippen molar-refractivity contribution in [2.45, 2.75) is 58.4 Å². The number of carbonyl (C=O) groups excluding carboxylic acids is 1. The molecule has 0 aromatic rings. The van der Waals surface area contributed by atoms with Crippen LogP contribution in [-0.2, 0) is 9.53 Å². The van der Waals surface area contributed by atoms with E-state index in [0.29, 0.717) is 18.4 Å². The van der Waals surface area contributed by atoms with Crippen LogP contribution >= 0.6 is 0 Å². The zero-order valence-electron chi connectivity index (χ0n) is 14.3. The zero-order chi connectivity index (χ0) is 15.5. The maximum absolute atomic E-state index is 12.1. The molecule has 122 valence electrons. The minimum Gasteiger partial charge on any atom is -0.466 e. The fraction of sp³-hybridized carbons (Fsp3) is 0.941. The Morgan fingerprint density at radius 2 is 1.62 bits per heavy atom. The summed E-state index contributed by atoms with van der Waals surface area (Å²) in [6.45, 7) is 11.5. The van der Waals surface area contributed by atoms with Crippen LogP contribution in [-0.4, -0.2) is 61.1 Å². The number of likely N-dealkylation sites (N-methyl/N-ethyl adjacent to an activating group) is 1.